The molecular formula is C18H17Li. The normalized spacial score (nSPS) is 10.4. The molecule has 0 atom stereocenters. The van der Waals surface area contributed by atoms with Crippen molar-refractivity contribution < 1.29 is 18.9 Å². The van der Waals surface area contributed by atoms with E-state index in [9.17, 15) is 0 Å². The Morgan fingerprint density at radius 3 is 2.47 bits per heavy atom. The fourth-order valence-corrected chi connectivity index (χ4v) is 2.60. The van der Waals surface area contributed by atoms with Crippen molar-refractivity contribution in [3.8, 4) is 11.1 Å². The molecule has 0 aromatic heterocycles. The summed E-state index contributed by atoms with van der Waals surface area (Å²) in [7, 11) is 0. The summed E-state index contributed by atoms with van der Waals surface area (Å²) >= 11 is 0. The van der Waals surface area contributed by atoms with Crippen LogP contribution >= 0.6 is 0 Å². The maximum Gasteiger partial charge on any atom is 1.00 e. The molecular weight excluding hydrogens is 223 g/mol. The molecule has 0 radical (unpaired) electrons. The van der Waals surface area contributed by atoms with Gasteiger partial charge < -0.3 is 0 Å². The minimum absolute atomic E-state index is 0. The van der Waals surface area contributed by atoms with Crippen LogP contribution in [0.2, 0.25) is 0 Å². The summed E-state index contributed by atoms with van der Waals surface area (Å²) in [6, 6.07) is 21.9. The molecule has 0 fully saturated rings. The van der Waals surface area contributed by atoms with Crippen LogP contribution in [-0.2, 0) is 6.42 Å². The SMILES string of the molecule is CCCc1cc2c(-c3ccccc3)cccc2[cH-]1.[Li+]. The fourth-order valence-electron chi connectivity index (χ4n) is 2.60. The Kier molecular flexibility index (Phi) is 4.59. The van der Waals surface area contributed by atoms with E-state index in [4.69, 9.17) is 0 Å². The van der Waals surface area contributed by atoms with Crippen LogP contribution < -0.4 is 18.9 Å². The molecule has 0 aliphatic rings. The Morgan fingerprint density at radius 2 is 1.74 bits per heavy atom. The standard InChI is InChI=1S/C18H17.Li/c1-2-7-14-12-16-10-6-11-17(18(16)13-14)15-8-4-3-5-9-15;/h3-6,8-13H,2,7H2,1H3;/q-1;+1. The van der Waals surface area contributed by atoms with Crippen molar-refractivity contribution in [2.75, 3.05) is 0 Å². The van der Waals surface area contributed by atoms with Crippen molar-refractivity contribution in [2.45, 2.75) is 19.8 Å². The van der Waals surface area contributed by atoms with Gasteiger partial charge in [-0.15, -0.1) is 34.5 Å². The molecule has 90 valence electrons. The van der Waals surface area contributed by atoms with Crippen molar-refractivity contribution in [3.05, 3.63) is 66.2 Å². The van der Waals surface area contributed by atoms with Crippen LogP contribution in [0.25, 0.3) is 21.9 Å². The van der Waals surface area contributed by atoms with E-state index >= 15 is 0 Å². The molecule has 0 saturated heterocycles. The van der Waals surface area contributed by atoms with Crippen LogP contribution in [0.15, 0.2) is 60.7 Å². The molecule has 0 aliphatic heterocycles. The third-order valence-corrected chi connectivity index (χ3v) is 3.43. The van der Waals surface area contributed by atoms with E-state index in [1.807, 2.05) is 0 Å². The minimum atomic E-state index is 0. The Morgan fingerprint density at radius 1 is 0.947 bits per heavy atom. The zero-order valence-corrected chi connectivity index (χ0v) is 11.7. The Bertz CT molecular complexity index is 650. The van der Waals surface area contributed by atoms with Gasteiger partial charge in [0.05, 0.1) is 0 Å². The summed E-state index contributed by atoms with van der Waals surface area (Å²) in [5.41, 5.74) is 4.10. The molecule has 0 bridgehead atoms. The quantitative estimate of drug-likeness (QED) is 0.486. The zero-order valence-electron chi connectivity index (χ0n) is 11.7. The first-order chi connectivity index (χ1) is 8.88. The number of rotatable bonds is 3. The van der Waals surface area contributed by atoms with Gasteiger partial charge in [0.25, 0.3) is 0 Å². The molecule has 0 aliphatic carbocycles. The molecule has 3 aromatic rings. The molecule has 0 unspecified atom stereocenters. The third-order valence-electron chi connectivity index (χ3n) is 3.43. The van der Waals surface area contributed by atoms with Crippen LogP contribution in [-0.4, -0.2) is 0 Å². The van der Waals surface area contributed by atoms with Crippen LogP contribution in [0, 0.1) is 0 Å². The van der Waals surface area contributed by atoms with E-state index < -0.39 is 0 Å². The van der Waals surface area contributed by atoms with Crippen LogP contribution in [0.4, 0.5) is 0 Å². The monoisotopic (exact) mass is 240 g/mol. The van der Waals surface area contributed by atoms with Gasteiger partial charge in [-0.05, 0) is 12.0 Å². The third kappa shape index (κ3) is 2.81. The van der Waals surface area contributed by atoms with Crippen molar-refractivity contribution in [2.24, 2.45) is 0 Å². The average molecular weight is 240 g/mol. The molecule has 0 amide bonds. The van der Waals surface area contributed by atoms with Gasteiger partial charge in [0, 0.05) is 0 Å². The van der Waals surface area contributed by atoms with Crippen LogP contribution in [0.5, 0.6) is 0 Å². The van der Waals surface area contributed by atoms with E-state index in [0.717, 1.165) is 0 Å². The maximum atomic E-state index is 2.35. The number of fused-ring (bicyclic) bond motifs is 1. The number of aryl methyl sites for hydroxylation is 1. The maximum absolute atomic E-state index is 2.35. The smallest absolute Gasteiger partial charge is 0.164 e. The summed E-state index contributed by atoms with van der Waals surface area (Å²) in [4.78, 5) is 0. The molecule has 19 heavy (non-hydrogen) atoms. The van der Waals surface area contributed by atoms with E-state index in [1.54, 1.807) is 0 Å². The van der Waals surface area contributed by atoms with Crippen molar-refractivity contribution in [1.82, 2.24) is 0 Å². The number of hydrogen-bond donors (Lipinski definition) is 0. The van der Waals surface area contributed by atoms with Gasteiger partial charge in [-0.3, -0.25) is 0 Å². The Balaban J connectivity index is 0.00000133. The van der Waals surface area contributed by atoms with Crippen molar-refractivity contribution >= 4 is 10.8 Å². The van der Waals surface area contributed by atoms with E-state index in [2.05, 4.69) is 67.6 Å². The summed E-state index contributed by atoms with van der Waals surface area (Å²) in [6.07, 6.45) is 2.37. The van der Waals surface area contributed by atoms with Gasteiger partial charge in [-0.2, -0.15) is 6.07 Å². The Labute approximate surface area is 127 Å². The van der Waals surface area contributed by atoms with Gasteiger partial charge in [-0.25, -0.2) is 0 Å². The minimum Gasteiger partial charge on any atom is -0.164 e. The van der Waals surface area contributed by atoms with Crippen molar-refractivity contribution in [3.63, 3.8) is 0 Å². The van der Waals surface area contributed by atoms with E-state index in [1.165, 1.54) is 40.3 Å². The summed E-state index contributed by atoms with van der Waals surface area (Å²) in [6.45, 7) is 2.23. The van der Waals surface area contributed by atoms with Gasteiger partial charge in [0.1, 0.15) is 0 Å². The fraction of sp³-hybridized carbons (Fsp3) is 0.167. The second kappa shape index (κ2) is 6.20. The molecule has 0 N–H and O–H groups in total. The second-order valence-corrected chi connectivity index (χ2v) is 4.79. The van der Waals surface area contributed by atoms with Gasteiger partial charge in [0.2, 0.25) is 0 Å². The van der Waals surface area contributed by atoms with Gasteiger partial charge in [-0.1, -0.05) is 55.3 Å². The molecule has 0 saturated carbocycles. The van der Waals surface area contributed by atoms with Crippen molar-refractivity contribution in [1.29, 1.82) is 0 Å². The van der Waals surface area contributed by atoms with E-state index in [0.29, 0.717) is 0 Å². The van der Waals surface area contributed by atoms with Crippen LogP contribution in [0.1, 0.15) is 18.9 Å². The number of benzene rings is 2. The summed E-state index contributed by atoms with van der Waals surface area (Å²) in [5, 5.41) is 2.74. The first-order valence-corrected chi connectivity index (χ1v) is 6.62. The molecule has 3 rings (SSSR count). The predicted molar refractivity (Wildman–Crippen MR) is 79.0 cm³/mol. The molecule has 0 nitrogen and oxygen atoms in total. The van der Waals surface area contributed by atoms with Gasteiger partial charge in [0.15, 0.2) is 0 Å². The van der Waals surface area contributed by atoms with Gasteiger partial charge >= 0.3 is 18.9 Å². The first kappa shape index (κ1) is 14.1. The topological polar surface area (TPSA) is 0 Å². The summed E-state index contributed by atoms with van der Waals surface area (Å²) in [5.74, 6) is 0. The molecule has 0 spiro atoms. The Hall–Kier alpha value is -1.35. The predicted octanol–water partition coefficient (Wildman–Crippen LogP) is 2.18. The first-order valence-electron chi connectivity index (χ1n) is 6.62. The molecule has 1 heteroatoms. The second-order valence-electron chi connectivity index (χ2n) is 4.79. The zero-order chi connectivity index (χ0) is 12.4. The van der Waals surface area contributed by atoms with Crippen LogP contribution in [0.3, 0.4) is 0 Å². The average Bonchev–Trinajstić information content (AvgIpc) is 2.82. The van der Waals surface area contributed by atoms with E-state index in [-0.39, 0.29) is 18.9 Å². The molecule has 0 heterocycles. The summed E-state index contributed by atoms with van der Waals surface area (Å²) < 4.78 is 0. The largest absolute Gasteiger partial charge is 1.00 e. The number of hydrogen-bond acceptors (Lipinski definition) is 0. The molecule has 3 aromatic carbocycles.